The van der Waals surface area contributed by atoms with Gasteiger partial charge in [0.05, 0.1) is 6.26 Å². The van der Waals surface area contributed by atoms with Crippen LogP contribution in [0.4, 0.5) is 0 Å². The molecule has 0 aliphatic carbocycles. The Morgan fingerprint density at radius 1 is 0.952 bits per heavy atom. The second-order valence-electron chi connectivity index (χ2n) is 2.40. The van der Waals surface area contributed by atoms with Crippen LogP contribution in [0.1, 0.15) is 13.8 Å². The monoisotopic (exact) mass is 300 g/mol. The van der Waals surface area contributed by atoms with E-state index in [0.717, 1.165) is 12.3 Å². The van der Waals surface area contributed by atoms with Gasteiger partial charge >= 0.3 is 17.9 Å². The summed E-state index contributed by atoms with van der Waals surface area (Å²) in [4.78, 5) is 28.6. The molecule has 0 rings (SSSR count). The van der Waals surface area contributed by atoms with Crippen molar-refractivity contribution in [2.75, 3.05) is 0 Å². The molecule has 0 unspecified atom stereocenters. The van der Waals surface area contributed by atoms with E-state index < -0.39 is 11.9 Å². The Kier molecular flexibility index (Phi) is 44.5. The summed E-state index contributed by atoms with van der Waals surface area (Å²) in [5.41, 5.74) is 0.176. The van der Waals surface area contributed by atoms with Crippen molar-refractivity contribution >= 4 is 17.9 Å². The van der Waals surface area contributed by atoms with Crippen LogP contribution >= 0.6 is 0 Å². The Morgan fingerprint density at radius 2 is 1.19 bits per heavy atom. The first-order valence-electron chi connectivity index (χ1n) is 5.21. The van der Waals surface area contributed by atoms with E-state index in [1.165, 1.54) is 13.8 Å². The second-order valence-corrected chi connectivity index (χ2v) is 2.40. The zero-order valence-electron chi connectivity index (χ0n) is 12.6. The Hall–Kier alpha value is -2.89. The normalized spacial score (nSPS) is 6.00. The molecule has 0 aliphatic rings. The average molecular weight is 300 g/mol. The summed E-state index contributed by atoms with van der Waals surface area (Å²) < 4.78 is 4.17. The number of aliphatic carboxylic acids is 2. The standard InChI is InChI=1S/2C4H6O2.C3H4O2.2C2H4/c1-3-6-4(2)5;1-3(2)4(5)6;1-2-3(4)5;2*1-2/h3H,1H2,2H3;1H2,2H3,(H,5,6);2H,1H2,(H,4,5);2*1-2H2. The largest absolute Gasteiger partial charge is 0.478 e. The first kappa shape index (κ1) is 30.8. The summed E-state index contributed by atoms with van der Waals surface area (Å²) in [7, 11) is 0. The number of esters is 1. The van der Waals surface area contributed by atoms with Gasteiger partial charge in [0.15, 0.2) is 0 Å². The van der Waals surface area contributed by atoms with Crippen molar-refractivity contribution < 1.29 is 29.3 Å². The fourth-order valence-electron chi connectivity index (χ4n) is 0.117. The summed E-state index contributed by atoms with van der Waals surface area (Å²) in [5.74, 6) is -2.25. The van der Waals surface area contributed by atoms with E-state index in [2.05, 4.69) is 50.8 Å². The Morgan fingerprint density at radius 3 is 1.19 bits per heavy atom. The molecule has 0 spiro atoms. The van der Waals surface area contributed by atoms with Gasteiger partial charge in [-0.3, -0.25) is 4.79 Å². The van der Waals surface area contributed by atoms with Crippen LogP contribution in [0, 0.1) is 0 Å². The molecule has 2 N–H and O–H groups in total. The Bertz CT molecular complexity index is 317. The molecule has 0 aromatic rings. The van der Waals surface area contributed by atoms with Crippen molar-refractivity contribution in [1.82, 2.24) is 0 Å². The van der Waals surface area contributed by atoms with Gasteiger partial charge < -0.3 is 14.9 Å². The molecule has 0 heterocycles. The van der Waals surface area contributed by atoms with Crippen LogP contribution in [-0.4, -0.2) is 28.1 Å². The van der Waals surface area contributed by atoms with Crippen molar-refractivity contribution in [3.63, 3.8) is 0 Å². The molecule has 6 heteroatoms. The van der Waals surface area contributed by atoms with E-state index in [1.807, 2.05) is 0 Å². The molecule has 0 radical (unpaired) electrons. The van der Waals surface area contributed by atoms with E-state index in [4.69, 9.17) is 10.2 Å². The molecule has 120 valence electrons. The maximum absolute atomic E-state index is 9.75. The highest BCUT2D eigenvalue weighted by atomic mass is 16.5. The third kappa shape index (κ3) is 105. The van der Waals surface area contributed by atoms with Crippen LogP contribution in [0.25, 0.3) is 0 Å². The molecule has 0 saturated heterocycles. The minimum atomic E-state index is -0.981. The highest BCUT2D eigenvalue weighted by molar-refractivity contribution is 5.84. The van der Waals surface area contributed by atoms with Gasteiger partial charge in [-0.15, -0.1) is 26.3 Å². The molecule has 0 fully saturated rings. The lowest BCUT2D eigenvalue weighted by Crippen LogP contribution is -1.92. The lowest BCUT2D eigenvalue weighted by atomic mass is 10.4. The molecule has 0 bridgehead atoms. The van der Waals surface area contributed by atoms with E-state index in [-0.39, 0.29) is 11.5 Å². The van der Waals surface area contributed by atoms with Crippen molar-refractivity contribution in [1.29, 1.82) is 0 Å². The first-order valence-corrected chi connectivity index (χ1v) is 5.21. The number of ether oxygens (including phenoxy) is 1. The van der Waals surface area contributed by atoms with Crippen molar-refractivity contribution in [2.24, 2.45) is 0 Å². The number of carboxylic acids is 2. The summed E-state index contributed by atoms with van der Waals surface area (Å²) in [6, 6.07) is 0. The highest BCUT2D eigenvalue weighted by Crippen LogP contribution is 1.81. The second kappa shape index (κ2) is 30.3. The van der Waals surface area contributed by atoms with Gasteiger partial charge in [0.25, 0.3) is 0 Å². The minimum Gasteiger partial charge on any atom is -0.478 e. The van der Waals surface area contributed by atoms with Gasteiger partial charge in [-0.2, -0.15) is 0 Å². The number of carbonyl (C=O) groups is 3. The molecule has 21 heavy (non-hydrogen) atoms. The topological polar surface area (TPSA) is 101 Å². The van der Waals surface area contributed by atoms with Gasteiger partial charge in [-0.25, -0.2) is 9.59 Å². The number of hydrogen-bond acceptors (Lipinski definition) is 4. The van der Waals surface area contributed by atoms with Gasteiger partial charge in [0.1, 0.15) is 0 Å². The Labute approximate surface area is 126 Å². The molecule has 0 aromatic carbocycles. The molecule has 0 amide bonds. The quantitative estimate of drug-likeness (QED) is 0.359. The number of rotatable bonds is 3. The van der Waals surface area contributed by atoms with E-state index in [1.54, 1.807) is 0 Å². The van der Waals surface area contributed by atoms with Crippen LogP contribution in [0.5, 0.6) is 0 Å². The third-order valence-corrected chi connectivity index (χ3v) is 0.789. The van der Waals surface area contributed by atoms with Crippen molar-refractivity contribution in [3.05, 3.63) is 64.0 Å². The fraction of sp³-hybridized carbons (Fsp3) is 0.133. The highest BCUT2D eigenvalue weighted by Gasteiger charge is 1.90. The van der Waals surface area contributed by atoms with Gasteiger partial charge in [-0.05, 0) is 6.92 Å². The van der Waals surface area contributed by atoms with Crippen LogP contribution in [0.15, 0.2) is 64.0 Å². The van der Waals surface area contributed by atoms with Crippen molar-refractivity contribution in [3.8, 4) is 0 Å². The smallest absolute Gasteiger partial charge is 0.330 e. The van der Waals surface area contributed by atoms with E-state index >= 15 is 0 Å². The number of carboxylic acid groups (broad SMARTS) is 2. The molecule has 6 nitrogen and oxygen atoms in total. The summed E-state index contributed by atoms with van der Waals surface area (Å²) in [6.45, 7) is 24.0. The molecule has 0 aliphatic heterocycles. The molecule has 0 atom stereocenters. The Balaban J connectivity index is -0.0000000545. The molecule has 0 saturated carbocycles. The lowest BCUT2D eigenvalue weighted by Gasteiger charge is -1.83. The maximum atomic E-state index is 9.75. The minimum absolute atomic E-state index is 0.176. The van der Waals surface area contributed by atoms with E-state index in [0.29, 0.717) is 0 Å². The summed E-state index contributed by atoms with van der Waals surface area (Å²) >= 11 is 0. The van der Waals surface area contributed by atoms with Crippen LogP contribution in [0.3, 0.4) is 0 Å². The fourth-order valence-corrected chi connectivity index (χ4v) is 0.117. The van der Waals surface area contributed by atoms with Gasteiger partial charge in [0.2, 0.25) is 0 Å². The van der Waals surface area contributed by atoms with Crippen LogP contribution in [0.2, 0.25) is 0 Å². The zero-order valence-corrected chi connectivity index (χ0v) is 12.6. The van der Waals surface area contributed by atoms with Crippen molar-refractivity contribution in [2.45, 2.75) is 13.8 Å². The number of carbonyl (C=O) groups excluding carboxylic acids is 1. The molecule has 0 aromatic heterocycles. The summed E-state index contributed by atoms with van der Waals surface area (Å²) in [6.07, 6.45) is 1.93. The maximum Gasteiger partial charge on any atom is 0.330 e. The third-order valence-electron chi connectivity index (χ3n) is 0.789. The molecular formula is C15H24O6. The van der Waals surface area contributed by atoms with Gasteiger partial charge in [0, 0.05) is 18.6 Å². The van der Waals surface area contributed by atoms with E-state index in [9.17, 15) is 14.4 Å². The first-order chi connectivity index (χ1) is 9.68. The number of hydrogen-bond donors (Lipinski definition) is 2. The summed E-state index contributed by atoms with van der Waals surface area (Å²) in [5, 5.41) is 15.5. The predicted molar refractivity (Wildman–Crippen MR) is 84.8 cm³/mol. The van der Waals surface area contributed by atoms with Gasteiger partial charge in [-0.1, -0.05) is 19.7 Å². The predicted octanol–water partition coefficient (Wildman–Crippen LogP) is 3.20. The SMILES string of the molecule is C=C.C=C.C=C(C)C(=O)O.C=CC(=O)O.C=COC(C)=O. The van der Waals surface area contributed by atoms with Crippen LogP contribution in [-0.2, 0) is 19.1 Å². The lowest BCUT2D eigenvalue weighted by molar-refractivity contribution is -0.135. The van der Waals surface area contributed by atoms with Crippen LogP contribution < -0.4 is 0 Å². The zero-order chi connectivity index (χ0) is 18.4. The molecular weight excluding hydrogens is 276 g/mol. The average Bonchev–Trinajstić information content (AvgIpc) is 2.44.